The third kappa shape index (κ3) is 3.65. The van der Waals surface area contributed by atoms with E-state index in [2.05, 4.69) is 58.3 Å². The average Bonchev–Trinajstić information content (AvgIpc) is 2.64. The molecule has 0 aliphatic heterocycles. The van der Waals surface area contributed by atoms with Crippen LogP contribution in [-0.2, 0) is 6.54 Å². The highest BCUT2D eigenvalue weighted by Crippen LogP contribution is 2.59. The number of benzene rings is 2. The summed E-state index contributed by atoms with van der Waals surface area (Å²) in [5.74, 6) is 1.69. The van der Waals surface area contributed by atoms with Gasteiger partial charge in [0, 0.05) is 11.1 Å². The molecule has 148 valence electrons. The Kier molecular flexibility index (Phi) is 5.15. The van der Waals surface area contributed by atoms with Gasteiger partial charge in [-0.05, 0) is 47.3 Å². The number of hydrogen-bond donors (Lipinski definition) is 0. The molecule has 0 amide bonds. The van der Waals surface area contributed by atoms with E-state index in [-0.39, 0.29) is 0 Å². The van der Waals surface area contributed by atoms with Gasteiger partial charge in [0.2, 0.25) is 0 Å². The third-order valence-electron chi connectivity index (χ3n) is 7.02. The van der Waals surface area contributed by atoms with E-state index >= 15 is 0 Å². The summed E-state index contributed by atoms with van der Waals surface area (Å²) in [7, 11) is 4.70. The summed E-state index contributed by atoms with van der Waals surface area (Å²) in [5, 5.41) is 1.22. The van der Waals surface area contributed by atoms with E-state index in [0.717, 1.165) is 40.5 Å². The maximum Gasteiger partial charge on any atom is 0.104 e. The van der Waals surface area contributed by atoms with Gasteiger partial charge in [-0.25, -0.2) is 0 Å². The number of hydrogen-bond acceptors (Lipinski definition) is 0. The fraction of sp³-hybridized carbons (Fsp3) is 0.440. The summed E-state index contributed by atoms with van der Waals surface area (Å²) >= 11 is 12.6. The molecule has 2 aromatic carbocycles. The second-order valence-electron chi connectivity index (χ2n) is 9.87. The topological polar surface area (TPSA) is 0 Å². The molecule has 2 bridgehead atoms. The third-order valence-corrected chi connectivity index (χ3v) is 7.84. The largest absolute Gasteiger partial charge is 0.321 e. The van der Waals surface area contributed by atoms with Gasteiger partial charge in [0.1, 0.15) is 13.1 Å². The molecule has 0 aromatic heterocycles. The molecule has 3 aliphatic rings. The summed E-state index contributed by atoms with van der Waals surface area (Å²) in [4.78, 5) is 0. The molecule has 3 heteroatoms. The lowest BCUT2D eigenvalue weighted by Crippen LogP contribution is -2.52. The van der Waals surface area contributed by atoms with Gasteiger partial charge in [0.25, 0.3) is 0 Å². The van der Waals surface area contributed by atoms with Crippen molar-refractivity contribution in [3.63, 3.8) is 0 Å². The van der Waals surface area contributed by atoms with E-state index in [1.807, 2.05) is 18.2 Å². The summed E-state index contributed by atoms with van der Waals surface area (Å²) < 4.78 is 0.986. The molecular weight excluding hydrogens is 385 g/mol. The molecule has 0 saturated heterocycles. The molecule has 3 aliphatic carbocycles. The Morgan fingerprint density at radius 1 is 1.00 bits per heavy atom. The van der Waals surface area contributed by atoms with Crippen LogP contribution >= 0.6 is 23.2 Å². The van der Waals surface area contributed by atoms with E-state index in [9.17, 15) is 0 Å². The fourth-order valence-electron chi connectivity index (χ4n) is 5.22. The minimum Gasteiger partial charge on any atom is -0.321 e. The molecule has 1 nitrogen and oxygen atoms in total. The molecule has 1 fully saturated rings. The quantitative estimate of drug-likeness (QED) is 0.357. The normalized spacial score (nSPS) is 23.1. The highest BCUT2D eigenvalue weighted by atomic mass is 35.5. The number of fused-ring (bicyclic) bond motifs is 1. The number of halogens is 2. The van der Waals surface area contributed by atoms with Crippen molar-refractivity contribution in [1.29, 1.82) is 0 Å². The average molecular weight is 415 g/mol. The van der Waals surface area contributed by atoms with E-state index in [1.165, 1.54) is 18.4 Å². The van der Waals surface area contributed by atoms with Crippen LogP contribution in [0.5, 0.6) is 0 Å². The Morgan fingerprint density at radius 2 is 1.71 bits per heavy atom. The number of rotatable bonds is 5. The fourth-order valence-corrected chi connectivity index (χ4v) is 5.63. The lowest BCUT2D eigenvalue weighted by atomic mass is 9.49. The summed E-state index contributed by atoms with van der Waals surface area (Å²) in [6.45, 7) is 7.08. The van der Waals surface area contributed by atoms with Crippen LogP contribution in [0.15, 0.2) is 54.1 Å². The molecule has 5 rings (SSSR count). The zero-order valence-electron chi connectivity index (χ0n) is 17.3. The van der Waals surface area contributed by atoms with Crippen molar-refractivity contribution in [2.24, 2.45) is 17.3 Å². The van der Waals surface area contributed by atoms with Crippen LogP contribution < -0.4 is 0 Å². The molecule has 2 aromatic rings. The van der Waals surface area contributed by atoms with Crippen LogP contribution in [0.1, 0.15) is 32.3 Å². The molecule has 0 heterocycles. The SMILES string of the molecule is CC1(C)[C@H]2CC=C(C[N+](C)(C)Cc3ccc(-c4cccc(Cl)c4Cl)cc3)[C@@H]1C2. The lowest BCUT2D eigenvalue weighted by Gasteiger charge is -2.57. The summed E-state index contributed by atoms with van der Waals surface area (Å²) in [5.41, 5.74) is 5.64. The van der Waals surface area contributed by atoms with Crippen LogP contribution in [0.3, 0.4) is 0 Å². The van der Waals surface area contributed by atoms with Gasteiger partial charge in [-0.2, -0.15) is 0 Å². The van der Waals surface area contributed by atoms with Crippen molar-refractivity contribution in [3.05, 3.63) is 69.7 Å². The minimum atomic E-state index is 0.502. The highest BCUT2D eigenvalue weighted by Gasteiger charge is 2.52. The second kappa shape index (κ2) is 7.20. The van der Waals surface area contributed by atoms with Crippen molar-refractivity contribution < 1.29 is 4.48 Å². The van der Waals surface area contributed by atoms with Gasteiger partial charge in [0.15, 0.2) is 0 Å². The minimum absolute atomic E-state index is 0.502. The summed E-state index contributed by atoms with van der Waals surface area (Å²) in [6.07, 6.45) is 5.20. The van der Waals surface area contributed by atoms with Gasteiger partial charge >= 0.3 is 0 Å². The number of allylic oxidation sites excluding steroid dienone is 1. The molecule has 0 unspecified atom stereocenters. The predicted octanol–water partition coefficient (Wildman–Crippen LogP) is 7.23. The molecule has 0 spiro atoms. The first-order valence-corrected chi connectivity index (χ1v) is 11.0. The first-order chi connectivity index (χ1) is 13.2. The molecule has 2 atom stereocenters. The van der Waals surface area contributed by atoms with Crippen LogP contribution in [0.4, 0.5) is 0 Å². The number of likely N-dealkylation sites (N-methyl/N-ethyl adjacent to an activating group) is 1. The zero-order valence-corrected chi connectivity index (χ0v) is 18.8. The monoisotopic (exact) mass is 414 g/mol. The van der Waals surface area contributed by atoms with E-state index in [4.69, 9.17) is 23.2 Å². The standard InChI is InChI=1S/C25H30Cl2N/c1-25(2)20-13-12-19(22(25)14-20)16-28(3,4)15-17-8-10-18(11-9-17)21-6-5-7-23(26)24(21)27/h5-12,20,22H,13-16H2,1-4H3/q+1/t20-,22-/m0/s1. The number of nitrogens with zero attached hydrogens (tertiary/aromatic N) is 1. The zero-order chi connectivity index (χ0) is 20.1. The smallest absolute Gasteiger partial charge is 0.104 e. The first-order valence-electron chi connectivity index (χ1n) is 10.2. The van der Waals surface area contributed by atoms with Crippen molar-refractivity contribution in [1.82, 2.24) is 0 Å². The first kappa shape index (κ1) is 20.0. The van der Waals surface area contributed by atoms with Gasteiger partial charge in [-0.3, -0.25) is 0 Å². The van der Waals surface area contributed by atoms with Crippen molar-refractivity contribution in [3.8, 4) is 11.1 Å². The molecule has 28 heavy (non-hydrogen) atoms. The molecule has 0 N–H and O–H groups in total. The Bertz CT molecular complexity index is 909. The maximum atomic E-state index is 6.38. The van der Waals surface area contributed by atoms with Gasteiger partial charge in [0.05, 0.1) is 24.1 Å². The van der Waals surface area contributed by atoms with Crippen LogP contribution in [0, 0.1) is 17.3 Å². The van der Waals surface area contributed by atoms with E-state index in [0.29, 0.717) is 15.5 Å². The Balaban J connectivity index is 1.46. The Labute approximate surface area is 179 Å². The van der Waals surface area contributed by atoms with Crippen molar-refractivity contribution in [2.45, 2.75) is 33.2 Å². The highest BCUT2D eigenvalue weighted by molar-refractivity contribution is 6.43. The van der Waals surface area contributed by atoms with Gasteiger partial charge in [-0.1, -0.05) is 79.5 Å². The summed E-state index contributed by atoms with van der Waals surface area (Å²) in [6, 6.07) is 14.6. The Hall–Kier alpha value is -1.28. The van der Waals surface area contributed by atoms with Crippen molar-refractivity contribution >= 4 is 23.2 Å². The van der Waals surface area contributed by atoms with Crippen molar-refractivity contribution in [2.75, 3.05) is 20.6 Å². The van der Waals surface area contributed by atoms with Gasteiger partial charge < -0.3 is 4.48 Å². The number of quaternary nitrogens is 1. The van der Waals surface area contributed by atoms with Crippen LogP contribution in [0.2, 0.25) is 10.0 Å². The molecular formula is C25H30Cl2N+. The maximum absolute atomic E-state index is 6.38. The van der Waals surface area contributed by atoms with Gasteiger partial charge in [-0.15, -0.1) is 0 Å². The molecule has 1 saturated carbocycles. The molecule has 0 radical (unpaired) electrons. The van der Waals surface area contributed by atoms with Crippen LogP contribution in [0.25, 0.3) is 11.1 Å². The van der Waals surface area contributed by atoms with Crippen LogP contribution in [-0.4, -0.2) is 25.1 Å². The van der Waals surface area contributed by atoms with E-state index < -0.39 is 0 Å². The van der Waals surface area contributed by atoms with E-state index in [1.54, 1.807) is 5.57 Å². The lowest BCUT2D eigenvalue weighted by molar-refractivity contribution is -0.899. The Morgan fingerprint density at radius 3 is 2.36 bits per heavy atom. The second-order valence-corrected chi connectivity index (χ2v) is 10.7. The predicted molar refractivity (Wildman–Crippen MR) is 121 cm³/mol.